The molecular weight excluding hydrogens is 400 g/mol. The molecule has 1 aliphatic heterocycles. The van der Waals surface area contributed by atoms with E-state index in [1.165, 1.54) is 0 Å². The average Bonchev–Trinajstić information content (AvgIpc) is 2.75. The number of carbonyl (C=O) groups excluding carboxylic acids is 2. The number of nitrogens with one attached hydrogen (secondary N) is 1. The van der Waals surface area contributed by atoms with Crippen LogP contribution < -0.4 is 5.32 Å². The van der Waals surface area contributed by atoms with Crippen LogP contribution in [0.3, 0.4) is 0 Å². The molecule has 1 N–H and O–H groups in total. The number of ether oxygens (including phenoxy) is 1. The first kappa shape index (κ1) is 23.0. The Labute approximate surface area is 190 Å². The lowest BCUT2D eigenvalue weighted by molar-refractivity contribution is -0.132. The summed E-state index contributed by atoms with van der Waals surface area (Å²) in [4.78, 5) is 27.6. The fourth-order valence-electron chi connectivity index (χ4n) is 3.27. The summed E-state index contributed by atoms with van der Waals surface area (Å²) in [5, 5.41) is 2.76. The van der Waals surface area contributed by atoms with Crippen molar-refractivity contribution in [3.63, 3.8) is 0 Å². The normalized spacial score (nSPS) is 13.9. The summed E-state index contributed by atoms with van der Waals surface area (Å²) in [6.45, 7) is 6.06. The van der Waals surface area contributed by atoms with Crippen LogP contribution in [0.25, 0.3) is 0 Å². The molecule has 0 aliphatic carbocycles. The molecule has 0 spiro atoms. The van der Waals surface area contributed by atoms with Crippen LogP contribution in [0.2, 0.25) is 0 Å². The van der Waals surface area contributed by atoms with Crippen LogP contribution in [0.1, 0.15) is 43.9 Å². The predicted octanol–water partition coefficient (Wildman–Crippen LogP) is 3.76. The van der Waals surface area contributed by atoms with Gasteiger partial charge in [-0.15, -0.1) is 0 Å². The molecule has 0 unspecified atom stereocenters. The van der Waals surface area contributed by atoms with Crippen LogP contribution in [0.4, 0.5) is 4.79 Å². The van der Waals surface area contributed by atoms with Gasteiger partial charge in [0.1, 0.15) is 11.6 Å². The first-order valence-electron chi connectivity index (χ1n) is 10.7. The van der Waals surface area contributed by atoms with E-state index < -0.39 is 17.7 Å². The minimum Gasteiger partial charge on any atom is -0.444 e. The van der Waals surface area contributed by atoms with Crippen LogP contribution in [0, 0.1) is 23.7 Å². The molecule has 0 saturated carbocycles. The molecule has 1 atom stereocenters. The third-order valence-corrected chi connectivity index (χ3v) is 4.73. The van der Waals surface area contributed by atoms with Gasteiger partial charge in [0.15, 0.2) is 0 Å². The standard InChI is InChI=1S/C27H28N2O3/c1-27(2,3)32-26(31)28-24(20-21-12-5-4-6-13-21)25(30)29-18-10-9-16-22-14-7-8-15-23(22)17-11-19-29/h4-8,12-15,24H,10,18-20H2,1-3H3,(H,28,31)/t24-/m0/s1. The second kappa shape index (κ2) is 10.6. The Morgan fingerprint density at radius 3 is 2.28 bits per heavy atom. The van der Waals surface area contributed by atoms with Crippen molar-refractivity contribution in [1.82, 2.24) is 10.2 Å². The van der Waals surface area contributed by atoms with Crippen molar-refractivity contribution in [2.75, 3.05) is 13.1 Å². The van der Waals surface area contributed by atoms with E-state index in [0.29, 0.717) is 19.4 Å². The number of benzene rings is 2. The number of fused-ring (bicyclic) bond motifs is 1. The maximum atomic E-state index is 13.5. The minimum absolute atomic E-state index is 0.204. The van der Waals surface area contributed by atoms with E-state index in [2.05, 4.69) is 29.0 Å². The zero-order valence-electron chi connectivity index (χ0n) is 18.8. The molecule has 32 heavy (non-hydrogen) atoms. The molecular formula is C27H28N2O3. The van der Waals surface area contributed by atoms with Gasteiger partial charge < -0.3 is 15.0 Å². The lowest BCUT2D eigenvalue weighted by atomic mass is 10.0. The second-order valence-electron chi connectivity index (χ2n) is 8.55. The summed E-state index contributed by atoms with van der Waals surface area (Å²) in [7, 11) is 0. The van der Waals surface area contributed by atoms with E-state index in [1.807, 2.05) is 54.6 Å². The molecule has 164 valence electrons. The Morgan fingerprint density at radius 1 is 1.00 bits per heavy atom. The Balaban J connectivity index is 1.80. The van der Waals surface area contributed by atoms with Gasteiger partial charge in [0, 0.05) is 30.5 Å². The van der Waals surface area contributed by atoms with Gasteiger partial charge in [-0.25, -0.2) is 4.79 Å². The van der Waals surface area contributed by atoms with E-state index >= 15 is 0 Å². The van der Waals surface area contributed by atoms with E-state index in [9.17, 15) is 9.59 Å². The van der Waals surface area contributed by atoms with Gasteiger partial charge in [-0.3, -0.25) is 4.79 Å². The van der Waals surface area contributed by atoms with Crippen LogP contribution in [0.15, 0.2) is 54.6 Å². The topological polar surface area (TPSA) is 58.6 Å². The van der Waals surface area contributed by atoms with E-state index in [-0.39, 0.29) is 12.5 Å². The van der Waals surface area contributed by atoms with Crippen LogP contribution in [-0.4, -0.2) is 41.6 Å². The second-order valence-corrected chi connectivity index (χ2v) is 8.55. The third-order valence-electron chi connectivity index (χ3n) is 4.73. The van der Waals surface area contributed by atoms with Crippen LogP contribution in [-0.2, 0) is 16.0 Å². The number of hydrogen-bond acceptors (Lipinski definition) is 3. The fraction of sp³-hybridized carbons (Fsp3) is 0.333. The summed E-state index contributed by atoms with van der Waals surface area (Å²) in [5.74, 6) is 12.3. The molecule has 0 saturated heterocycles. The molecule has 0 aromatic heterocycles. The Bertz CT molecular complexity index is 1080. The Morgan fingerprint density at radius 2 is 1.62 bits per heavy atom. The maximum absolute atomic E-state index is 13.5. The van der Waals surface area contributed by atoms with Crippen LogP contribution >= 0.6 is 0 Å². The highest BCUT2D eigenvalue weighted by Gasteiger charge is 2.28. The number of hydrogen-bond donors (Lipinski definition) is 1. The first-order chi connectivity index (χ1) is 15.3. The van der Waals surface area contributed by atoms with Crippen molar-refractivity contribution >= 4 is 12.0 Å². The van der Waals surface area contributed by atoms with Crippen molar-refractivity contribution in [3.8, 4) is 23.7 Å². The molecule has 2 aromatic carbocycles. The molecule has 0 bridgehead atoms. The van der Waals surface area contributed by atoms with Crippen LogP contribution in [0.5, 0.6) is 0 Å². The highest BCUT2D eigenvalue weighted by molar-refractivity contribution is 5.86. The summed E-state index contributed by atoms with van der Waals surface area (Å²) in [6.07, 6.45) is 0.261. The molecule has 1 heterocycles. The Hall–Kier alpha value is -3.70. The summed E-state index contributed by atoms with van der Waals surface area (Å²) >= 11 is 0. The van der Waals surface area contributed by atoms with Gasteiger partial charge in [-0.05, 0) is 38.5 Å². The fourth-order valence-corrected chi connectivity index (χ4v) is 3.27. The summed E-state index contributed by atoms with van der Waals surface area (Å²) in [6, 6.07) is 16.6. The SMILES string of the molecule is CC(C)(C)OC(=O)N[C@@H](Cc1ccccc1)C(=O)N1CC#Cc2ccccc2C#CCC1. The zero-order valence-corrected chi connectivity index (χ0v) is 18.8. The molecule has 5 nitrogen and oxygen atoms in total. The predicted molar refractivity (Wildman–Crippen MR) is 125 cm³/mol. The van der Waals surface area contributed by atoms with Crippen molar-refractivity contribution in [2.45, 2.75) is 45.3 Å². The summed E-state index contributed by atoms with van der Waals surface area (Å²) < 4.78 is 5.39. The summed E-state index contributed by atoms with van der Waals surface area (Å²) in [5.41, 5.74) is 2.04. The minimum atomic E-state index is -0.766. The largest absolute Gasteiger partial charge is 0.444 e. The van der Waals surface area contributed by atoms with E-state index in [0.717, 1.165) is 16.7 Å². The zero-order chi connectivity index (χ0) is 23.0. The quantitative estimate of drug-likeness (QED) is 0.755. The van der Waals surface area contributed by atoms with E-state index in [4.69, 9.17) is 4.74 Å². The average molecular weight is 429 g/mol. The molecule has 0 fully saturated rings. The van der Waals surface area contributed by atoms with Gasteiger partial charge in [0.05, 0.1) is 6.54 Å². The first-order valence-corrected chi connectivity index (χ1v) is 10.7. The van der Waals surface area contributed by atoms with Gasteiger partial charge >= 0.3 is 6.09 Å². The molecule has 2 amide bonds. The molecule has 1 aliphatic rings. The third kappa shape index (κ3) is 6.93. The molecule has 0 radical (unpaired) electrons. The van der Waals surface area contributed by atoms with Crippen molar-refractivity contribution in [1.29, 1.82) is 0 Å². The highest BCUT2D eigenvalue weighted by atomic mass is 16.6. The van der Waals surface area contributed by atoms with Crippen molar-refractivity contribution in [3.05, 3.63) is 71.3 Å². The monoisotopic (exact) mass is 428 g/mol. The maximum Gasteiger partial charge on any atom is 0.408 e. The molecule has 5 heteroatoms. The molecule has 3 rings (SSSR count). The van der Waals surface area contributed by atoms with Gasteiger partial charge in [0.2, 0.25) is 5.91 Å². The lowest BCUT2D eigenvalue weighted by Gasteiger charge is -2.27. The Kier molecular flexibility index (Phi) is 7.58. The number of rotatable bonds is 4. The lowest BCUT2D eigenvalue weighted by Crippen LogP contribution is -2.51. The number of amides is 2. The van der Waals surface area contributed by atoms with Crippen molar-refractivity contribution in [2.24, 2.45) is 0 Å². The van der Waals surface area contributed by atoms with Gasteiger partial charge in [-0.2, -0.15) is 0 Å². The smallest absolute Gasteiger partial charge is 0.408 e. The highest BCUT2D eigenvalue weighted by Crippen LogP contribution is 2.11. The van der Waals surface area contributed by atoms with Gasteiger partial charge in [0.25, 0.3) is 0 Å². The number of nitrogens with zero attached hydrogens (tertiary/aromatic N) is 1. The number of carbonyl (C=O) groups is 2. The van der Waals surface area contributed by atoms with Crippen molar-refractivity contribution < 1.29 is 14.3 Å². The van der Waals surface area contributed by atoms with Gasteiger partial charge in [-0.1, -0.05) is 66.1 Å². The molecule has 2 aromatic rings. The van der Waals surface area contributed by atoms with E-state index in [1.54, 1.807) is 25.7 Å². The number of alkyl carbamates (subject to hydrolysis) is 1.